The molecule has 0 N–H and O–H groups in total. The molecule has 1 aromatic heterocycles. The van der Waals surface area contributed by atoms with E-state index in [4.69, 9.17) is 4.42 Å². The molecule has 0 saturated heterocycles. The van der Waals surface area contributed by atoms with Crippen molar-refractivity contribution in [3.8, 4) is 0 Å². The van der Waals surface area contributed by atoms with Crippen molar-refractivity contribution in [2.75, 3.05) is 0 Å². The Hall–Kier alpha value is -2.16. The summed E-state index contributed by atoms with van der Waals surface area (Å²) in [5.74, 6) is -0.544. The SMILES string of the molecule is O=c1oc2ccccc2c2cccc(F)c12. The lowest BCUT2D eigenvalue weighted by Crippen LogP contribution is -2.01. The van der Waals surface area contributed by atoms with Crippen molar-refractivity contribution in [3.05, 3.63) is 58.7 Å². The van der Waals surface area contributed by atoms with Gasteiger partial charge in [0.05, 0.1) is 0 Å². The smallest absolute Gasteiger partial charge is 0.347 e. The van der Waals surface area contributed by atoms with E-state index in [-0.39, 0.29) is 5.39 Å². The summed E-state index contributed by atoms with van der Waals surface area (Å²) >= 11 is 0. The lowest BCUT2D eigenvalue weighted by atomic mass is 10.1. The van der Waals surface area contributed by atoms with Crippen LogP contribution in [0.25, 0.3) is 21.7 Å². The topological polar surface area (TPSA) is 30.2 Å². The number of hydrogen-bond acceptors (Lipinski definition) is 2. The van der Waals surface area contributed by atoms with Crippen LogP contribution in [-0.2, 0) is 0 Å². The van der Waals surface area contributed by atoms with Crippen LogP contribution < -0.4 is 5.63 Å². The summed E-state index contributed by atoms with van der Waals surface area (Å²) in [6.07, 6.45) is 0. The largest absolute Gasteiger partial charge is 0.422 e. The first kappa shape index (κ1) is 9.09. The Labute approximate surface area is 89.9 Å². The second-order valence-corrected chi connectivity index (χ2v) is 3.55. The first-order valence-corrected chi connectivity index (χ1v) is 4.87. The zero-order valence-corrected chi connectivity index (χ0v) is 8.24. The standard InChI is InChI=1S/C13H7FO2/c14-10-6-3-5-9-8-4-1-2-7-11(8)16-13(15)12(9)10/h1-7H. The molecule has 0 spiro atoms. The van der Waals surface area contributed by atoms with Gasteiger partial charge in [-0.1, -0.05) is 30.3 Å². The van der Waals surface area contributed by atoms with Crippen LogP contribution in [0.5, 0.6) is 0 Å². The van der Waals surface area contributed by atoms with Crippen LogP contribution in [0.3, 0.4) is 0 Å². The molecular formula is C13H7FO2. The van der Waals surface area contributed by atoms with Gasteiger partial charge in [0.2, 0.25) is 0 Å². The van der Waals surface area contributed by atoms with Crippen molar-refractivity contribution in [2.45, 2.75) is 0 Å². The summed E-state index contributed by atoms with van der Waals surface area (Å²) < 4.78 is 18.6. The summed E-state index contributed by atoms with van der Waals surface area (Å²) in [5, 5.41) is 1.35. The zero-order chi connectivity index (χ0) is 11.1. The van der Waals surface area contributed by atoms with Crippen LogP contribution in [0.4, 0.5) is 4.39 Å². The second-order valence-electron chi connectivity index (χ2n) is 3.55. The van der Waals surface area contributed by atoms with E-state index in [1.807, 2.05) is 6.07 Å². The number of fused-ring (bicyclic) bond motifs is 3. The van der Waals surface area contributed by atoms with E-state index in [0.717, 1.165) is 5.39 Å². The van der Waals surface area contributed by atoms with Crippen molar-refractivity contribution in [3.63, 3.8) is 0 Å². The maximum Gasteiger partial charge on any atom is 0.347 e. The molecular weight excluding hydrogens is 207 g/mol. The molecule has 0 atom stereocenters. The molecule has 0 aliphatic heterocycles. The molecule has 0 radical (unpaired) electrons. The second kappa shape index (κ2) is 3.17. The molecule has 78 valence electrons. The van der Waals surface area contributed by atoms with Gasteiger partial charge in [0, 0.05) is 10.8 Å². The zero-order valence-electron chi connectivity index (χ0n) is 8.24. The molecule has 0 aliphatic carbocycles. The predicted molar refractivity (Wildman–Crippen MR) is 59.9 cm³/mol. The van der Waals surface area contributed by atoms with Crippen LogP contribution >= 0.6 is 0 Å². The molecule has 0 bridgehead atoms. The summed E-state index contributed by atoms with van der Waals surface area (Å²) in [7, 11) is 0. The fraction of sp³-hybridized carbons (Fsp3) is 0. The van der Waals surface area contributed by atoms with Crippen LogP contribution in [-0.4, -0.2) is 0 Å². The number of para-hydroxylation sites is 1. The minimum Gasteiger partial charge on any atom is -0.422 e. The third kappa shape index (κ3) is 1.15. The predicted octanol–water partition coefficient (Wildman–Crippen LogP) is 3.09. The normalized spacial score (nSPS) is 11.1. The molecule has 0 saturated carbocycles. The summed E-state index contributed by atoms with van der Waals surface area (Å²) in [5.41, 5.74) is -0.155. The Morgan fingerprint density at radius 2 is 1.69 bits per heavy atom. The highest BCUT2D eigenvalue weighted by molar-refractivity contribution is 6.04. The Morgan fingerprint density at radius 3 is 2.56 bits per heavy atom. The highest BCUT2D eigenvalue weighted by atomic mass is 19.1. The monoisotopic (exact) mass is 214 g/mol. The number of rotatable bonds is 0. The molecule has 0 fully saturated rings. The summed E-state index contributed by atoms with van der Waals surface area (Å²) in [6.45, 7) is 0. The molecule has 16 heavy (non-hydrogen) atoms. The van der Waals surface area contributed by atoms with Gasteiger partial charge in [0.15, 0.2) is 0 Å². The highest BCUT2D eigenvalue weighted by Gasteiger charge is 2.09. The van der Waals surface area contributed by atoms with Crippen LogP contribution in [0, 0.1) is 5.82 Å². The Kier molecular flexibility index (Phi) is 1.80. The molecule has 3 rings (SSSR count). The Balaban J connectivity index is 2.71. The molecule has 1 heterocycles. The van der Waals surface area contributed by atoms with E-state index in [1.165, 1.54) is 6.07 Å². The maximum atomic E-state index is 13.5. The minimum atomic E-state index is -0.633. The Morgan fingerprint density at radius 1 is 0.938 bits per heavy atom. The minimum absolute atomic E-state index is 0.0150. The van der Waals surface area contributed by atoms with Crippen LogP contribution in [0.2, 0.25) is 0 Å². The lowest BCUT2D eigenvalue weighted by molar-refractivity contribution is 0.561. The Bertz CT molecular complexity index is 744. The van der Waals surface area contributed by atoms with E-state index < -0.39 is 11.4 Å². The molecule has 0 unspecified atom stereocenters. The van der Waals surface area contributed by atoms with Crippen molar-refractivity contribution in [1.29, 1.82) is 0 Å². The van der Waals surface area contributed by atoms with Gasteiger partial charge in [0.25, 0.3) is 0 Å². The first-order valence-electron chi connectivity index (χ1n) is 4.87. The van der Waals surface area contributed by atoms with Crippen molar-refractivity contribution < 1.29 is 8.81 Å². The van der Waals surface area contributed by atoms with Gasteiger partial charge in [0.1, 0.15) is 16.8 Å². The van der Waals surface area contributed by atoms with E-state index in [1.54, 1.807) is 30.3 Å². The highest BCUT2D eigenvalue weighted by Crippen LogP contribution is 2.23. The molecule has 3 aromatic rings. The van der Waals surface area contributed by atoms with Crippen LogP contribution in [0.15, 0.2) is 51.7 Å². The fourth-order valence-corrected chi connectivity index (χ4v) is 1.89. The number of hydrogen-bond donors (Lipinski definition) is 0. The summed E-state index contributed by atoms with van der Waals surface area (Å²) in [6, 6.07) is 11.7. The molecule has 2 aromatic carbocycles. The molecule has 0 amide bonds. The molecule has 0 aliphatic rings. The number of benzene rings is 2. The average Bonchev–Trinajstić information content (AvgIpc) is 2.29. The molecule has 2 nitrogen and oxygen atoms in total. The van der Waals surface area contributed by atoms with Gasteiger partial charge in [-0.3, -0.25) is 0 Å². The maximum absolute atomic E-state index is 13.5. The van der Waals surface area contributed by atoms with Gasteiger partial charge in [-0.2, -0.15) is 0 Å². The fourth-order valence-electron chi connectivity index (χ4n) is 1.89. The van der Waals surface area contributed by atoms with Crippen molar-refractivity contribution in [1.82, 2.24) is 0 Å². The van der Waals surface area contributed by atoms with Gasteiger partial charge < -0.3 is 4.42 Å². The van der Waals surface area contributed by atoms with Gasteiger partial charge in [-0.15, -0.1) is 0 Å². The van der Waals surface area contributed by atoms with Gasteiger partial charge in [-0.05, 0) is 12.1 Å². The van der Waals surface area contributed by atoms with E-state index >= 15 is 0 Å². The van der Waals surface area contributed by atoms with Gasteiger partial charge in [-0.25, -0.2) is 9.18 Å². The van der Waals surface area contributed by atoms with E-state index in [0.29, 0.717) is 11.0 Å². The van der Waals surface area contributed by atoms with E-state index in [9.17, 15) is 9.18 Å². The lowest BCUT2D eigenvalue weighted by Gasteiger charge is -2.02. The van der Waals surface area contributed by atoms with Gasteiger partial charge >= 0.3 is 5.63 Å². The van der Waals surface area contributed by atoms with Crippen LogP contribution in [0.1, 0.15) is 0 Å². The molecule has 3 heteroatoms. The average molecular weight is 214 g/mol. The summed E-state index contributed by atoms with van der Waals surface area (Å²) in [4.78, 5) is 11.6. The van der Waals surface area contributed by atoms with Crippen molar-refractivity contribution >= 4 is 21.7 Å². The third-order valence-electron chi connectivity index (χ3n) is 2.60. The van der Waals surface area contributed by atoms with Crippen molar-refractivity contribution in [2.24, 2.45) is 0 Å². The third-order valence-corrected chi connectivity index (χ3v) is 2.60. The van der Waals surface area contributed by atoms with E-state index in [2.05, 4.69) is 0 Å². The first-order chi connectivity index (χ1) is 7.77. The quantitative estimate of drug-likeness (QED) is 0.425. The number of halogens is 1.